The zero-order valence-electron chi connectivity index (χ0n) is 10.3. The fourth-order valence-corrected chi connectivity index (χ4v) is 1.95. The van der Waals surface area contributed by atoms with Crippen LogP contribution in [0.15, 0.2) is 47.1 Å². The van der Waals surface area contributed by atoms with Crippen LogP contribution in [0.25, 0.3) is 0 Å². The molecular formula is C14H12BrNO3. The number of ether oxygens (including phenoxy) is 2. The van der Waals surface area contributed by atoms with Crippen LogP contribution < -0.4 is 4.74 Å². The minimum absolute atomic E-state index is 0.160. The van der Waals surface area contributed by atoms with Gasteiger partial charge in [0.05, 0.1) is 11.6 Å². The second-order valence-corrected chi connectivity index (χ2v) is 4.59. The van der Waals surface area contributed by atoms with Crippen molar-refractivity contribution in [3.05, 3.63) is 58.3 Å². The van der Waals surface area contributed by atoms with Crippen LogP contribution in [0, 0.1) is 0 Å². The van der Waals surface area contributed by atoms with Crippen molar-refractivity contribution >= 4 is 21.9 Å². The predicted molar refractivity (Wildman–Crippen MR) is 74.1 cm³/mol. The summed E-state index contributed by atoms with van der Waals surface area (Å²) in [4.78, 5) is 15.6. The Balaban J connectivity index is 2.22. The summed E-state index contributed by atoms with van der Waals surface area (Å²) < 4.78 is 11.0. The van der Waals surface area contributed by atoms with Gasteiger partial charge in [0.2, 0.25) is 0 Å². The molecular weight excluding hydrogens is 310 g/mol. The van der Waals surface area contributed by atoms with Gasteiger partial charge in [-0.1, -0.05) is 30.3 Å². The third kappa shape index (κ3) is 3.32. The Morgan fingerprint density at radius 2 is 2.00 bits per heavy atom. The second-order valence-electron chi connectivity index (χ2n) is 3.74. The average molecular weight is 322 g/mol. The molecule has 2 aromatic rings. The fourth-order valence-electron chi connectivity index (χ4n) is 1.53. The fraction of sp³-hybridized carbons (Fsp3) is 0.143. The van der Waals surface area contributed by atoms with Gasteiger partial charge in [-0.15, -0.1) is 0 Å². The van der Waals surface area contributed by atoms with Crippen LogP contribution in [0.4, 0.5) is 0 Å². The third-order valence-corrected chi connectivity index (χ3v) is 3.09. The Morgan fingerprint density at radius 3 is 2.68 bits per heavy atom. The van der Waals surface area contributed by atoms with Crippen molar-refractivity contribution < 1.29 is 14.3 Å². The van der Waals surface area contributed by atoms with Gasteiger partial charge in [-0.3, -0.25) is 0 Å². The Hall–Kier alpha value is -1.88. The molecule has 5 heteroatoms. The van der Waals surface area contributed by atoms with Crippen molar-refractivity contribution in [2.75, 3.05) is 7.11 Å². The van der Waals surface area contributed by atoms with E-state index in [1.807, 2.05) is 30.3 Å². The molecule has 98 valence electrons. The summed E-state index contributed by atoms with van der Waals surface area (Å²) in [5, 5.41) is 0. The highest BCUT2D eigenvalue weighted by Gasteiger charge is 2.17. The first kappa shape index (κ1) is 13.5. The zero-order valence-corrected chi connectivity index (χ0v) is 11.9. The predicted octanol–water partition coefficient (Wildman–Crippen LogP) is 3.21. The molecule has 0 saturated carbocycles. The molecule has 0 saturated heterocycles. The van der Waals surface area contributed by atoms with E-state index in [0.29, 0.717) is 16.8 Å². The van der Waals surface area contributed by atoms with E-state index in [1.54, 1.807) is 6.07 Å². The summed E-state index contributed by atoms with van der Waals surface area (Å²) in [6.45, 7) is 0.356. The number of hydrogen-bond acceptors (Lipinski definition) is 4. The number of rotatable bonds is 4. The molecule has 0 aliphatic rings. The number of nitrogens with zero attached hydrogens (tertiary/aromatic N) is 1. The minimum atomic E-state index is -0.524. The van der Waals surface area contributed by atoms with Gasteiger partial charge < -0.3 is 9.47 Å². The van der Waals surface area contributed by atoms with Crippen molar-refractivity contribution in [2.24, 2.45) is 0 Å². The van der Waals surface area contributed by atoms with Gasteiger partial charge >= 0.3 is 5.97 Å². The first-order chi connectivity index (χ1) is 9.22. The Labute approximate surface area is 119 Å². The first-order valence-electron chi connectivity index (χ1n) is 5.62. The first-order valence-corrected chi connectivity index (χ1v) is 6.41. The van der Waals surface area contributed by atoms with Gasteiger partial charge in [-0.2, -0.15) is 0 Å². The number of methoxy groups -OCH3 is 1. The standard InChI is InChI=1S/C14H12BrNO3/c1-18-14(17)12-13(11(15)7-8-16-12)19-9-10-5-3-2-4-6-10/h2-8H,9H2,1H3. The molecule has 0 fully saturated rings. The van der Waals surface area contributed by atoms with E-state index in [0.717, 1.165) is 5.56 Å². The molecule has 1 heterocycles. The van der Waals surface area contributed by atoms with Gasteiger partial charge in [0, 0.05) is 6.20 Å². The highest BCUT2D eigenvalue weighted by atomic mass is 79.9. The molecule has 0 unspecified atom stereocenters. The normalized spacial score (nSPS) is 10.0. The molecule has 19 heavy (non-hydrogen) atoms. The van der Waals surface area contributed by atoms with Crippen LogP contribution in [-0.4, -0.2) is 18.1 Å². The van der Waals surface area contributed by atoms with E-state index in [9.17, 15) is 4.79 Å². The molecule has 0 N–H and O–H groups in total. The largest absolute Gasteiger partial charge is 0.485 e. The van der Waals surface area contributed by atoms with Crippen LogP contribution in [0.1, 0.15) is 16.1 Å². The van der Waals surface area contributed by atoms with Crippen molar-refractivity contribution in [1.29, 1.82) is 0 Å². The molecule has 0 amide bonds. The van der Waals surface area contributed by atoms with Gasteiger partial charge in [0.1, 0.15) is 6.61 Å². The van der Waals surface area contributed by atoms with Crippen LogP contribution in [0.2, 0.25) is 0 Å². The summed E-state index contributed by atoms with van der Waals surface area (Å²) in [7, 11) is 1.31. The average Bonchev–Trinajstić information content (AvgIpc) is 2.46. The van der Waals surface area contributed by atoms with E-state index in [1.165, 1.54) is 13.3 Å². The smallest absolute Gasteiger partial charge is 0.360 e. The summed E-state index contributed by atoms with van der Waals surface area (Å²) in [5.41, 5.74) is 1.17. The van der Waals surface area contributed by atoms with Crippen LogP contribution in [0.3, 0.4) is 0 Å². The van der Waals surface area contributed by atoms with E-state index < -0.39 is 5.97 Å². The van der Waals surface area contributed by atoms with Gasteiger partial charge in [-0.05, 0) is 27.6 Å². The lowest BCUT2D eigenvalue weighted by Gasteiger charge is -2.11. The van der Waals surface area contributed by atoms with Gasteiger partial charge in [0.15, 0.2) is 11.4 Å². The van der Waals surface area contributed by atoms with Crippen molar-refractivity contribution in [3.63, 3.8) is 0 Å². The van der Waals surface area contributed by atoms with E-state index in [-0.39, 0.29) is 5.69 Å². The Bertz CT molecular complexity index is 572. The van der Waals surface area contributed by atoms with Crippen LogP contribution in [0.5, 0.6) is 5.75 Å². The SMILES string of the molecule is COC(=O)c1nccc(Br)c1OCc1ccccc1. The Morgan fingerprint density at radius 1 is 1.26 bits per heavy atom. The lowest BCUT2D eigenvalue weighted by molar-refractivity contribution is 0.0588. The van der Waals surface area contributed by atoms with E-state index in [2.05, 4.69) is 25.7 Å². The molecule has 0 bridgehead atoms. The molecule has 0 atom stereocenters. The molecule has 0 aliphatic carbocycles. The van der Waals surface area contributed by atoms with Crippen molar-refractivity contribution in [2.45, 2.75) is 6.61 Å². The molecule has 1 aromatic heterocycles. The maximum absolute atomic E-state index is 11.6. The van der Waals surface area contributed by atoms with Gasteiger partial charge in [-0.25, -0.2) is 9.78 Å². The molecule has 2 rings (SSSR count). The monoisotopic (exact) mass is 321 g/mol. The number of benzene rings is 1. The number of pyridine rings is 1. The second kappa shape index (κ2) is 6.33. The quantitative estimate of drug-likeness (QED) is 0.811. The maximum atomic E-state index is 11.6. The van der Waals surface area contributed by atoms with E-state index >= 15 is 0 Å². The summed E-state index contributed by atoms with van der Waals surface area (Å²) in [5.74, 6) is -0.137. The highest BCUT2D eigenvalue weighted by molar-refractivity contribution is 9.10. The molecule has 1 aromatic carbocycles. The maximum Gasteiger partial charge on any atom is 0.360 e. The summed E-state index contributed by atoms with van der Waals surface area (Å²) in [6.07, 6.45) is 1.52. The number of carbonyl (C=O) groups excluding carboxylic acids is 1. The number of esters is 1. The topological polar surface area (TPSA) is 48.4 Å². The van der Waals surface area contributed by atoms with Crippen molar-refractivity contribution in [1.82, 2.24) is 4.98 Å². The third-order valence-electron chi connectivity index (χ3n) is 2.46. The number of carbonyl (C=O) groups is 1. The van der Waals surface area contributed by atoms with Crippen LogP contribution in [-0.2, 0) is 11.3 Å². The number of halogens is 1. The summed E-state index contributed by atoms with van der Waals surface area (Å²) >= 11 is 3.35. The highest BCUT2D eigenvalue weighted by Crippen LogP contribution is 2.28. The lowest BCUT2D eigenvalue weighted by Crippen LogP contribution is -2.08. The van der Waals surface area contributed by atoms with Gasteiger partial charge in [0.25, 0.3) is 0 Å². The zero-order chi connectivity index (χ0) is 13.7. The molecule has 0 radical (unpaired) electrons. The minimum Gasteiger partial charge on any atom is -0.485 e. The molecule has 0 aliphatic heterocycles. The number of hydrogen-bond donors (Lipinski definition) is 0. The summed E-state index contributed by atoms with van der Waals surface area (Å²) in [6, 6.07) is 11.4. The number of aromatic nitrogens is 1. The van der Waals surface area contributed by atoms with Crippen LogP contribution >= 0.6 is 15.9 Å². The van der Waals surface area contributed by atoms with Crippen molar-refractivity contribution in [3.8, 4) is 5.75 Å². The molecule has 4 nitrogen and oxygen atoms in total. The lowest BCUT2D eigenvalue weighted by atomic mass is 10.2. The van der Waals surface area contributed by atoms with E-state index in [4.69, 9.17) is 4.74 Å². The molecule has 0 spiro atoms. The Kier molecular flexibility index (Phi) is 4.52.